The second-order valence-corrected chi connectivity index (χ2v) is 10.0. The number of aliphatic imine (C=N–C) groups is 1. The lowest BCUT2D eigenvalue weighted by Crippen LogP contribution is -2.31. The smallest absolute Gasteiger partial charge is 0.143 e. The van der Waals surface area contributed by atoms with Gasteiger partial charge >= 0.3 is 0 Å². The summed E-state index contributed by atoms with van der Waals surface area (Å²) in [6.07, 6.45) is 13.9. The molecule has 3 aromatic carbocycles. The van der Waals surface area contributed by atoms with Crippen molar-refractivity contribution < 1.29 is 4.42 Å². The normalized spacial score (nSPS) is 16.9. The van der Waals surface area contributed by atoms with Crippen molar-refractivity contribution in [2.24, 2.45) is 4.99 Å². The number of nitrogens with zero attached hydrogens (tertiary/aromatic N) is 3. The highest BCUT2D eigenvalue weighted by atomic mass is 16.3. The standard InChI is InChI=1S/C34H25N5O/c1-2-7-30-27(6-1)32-31(9-8-24-14-19-40-33(24)32)39(30)26-5-3-4-25(20-26)34-37-28(22-10-15-35-16-11-22)21-29(38-34)23-12-17-36-18-13-23/h1-17,19-21,29,36H,18H2,(H,37,38). The Kier molecular flexibility index (Phi) is 5.16. The van der Waals surface area contributed by atoms with Crippen molar-refractivity contribution in [3.05, 3.63) is 139 Å². The van der Waals surface area contributed by atoms with Crippen LogP contribution in [0.5, 0.6) is 0 Å². The Morgan fingerprint density at radius 2 is 1.80 bits per heavy atom. The molecule has 5 heterocycles. The molecule has 0 fully saturated rings. The largest absolute Gasteiger partial charge is 0.464 e. The summed E-state index contributed by atoms with van der Waals surface area (Å²) < 4.78 is 8.28. The fourth-order valence-electron chi connectivity index (χ4n) is 5.79. The maximum absolute atomic E-state index is 5.96. The van der Waals surface area contributed by atoms with E-state index in [-0.39, 0.29) is 6.04 Å². The summed E-state index contributed by atoms with van der Waals surface area (Å²) in [6.45, 7) is 0.797. The molecule has 2 aliphatic heterocycles. The quantitative estimate of drug-likeness (QED) is 0.271. The molecule has 0 saturated carbocycles. The predicted octanol–water partition coefficient (Wildman–Crippen LogP) is 6.73. The third-order valence-electron chi connectivity index (χ3n) is 7.66. The SMILES string of the molecule is C1=CC(C2C=C(c3ccncc3)NC(c3cccc(-n4c5ccccc5c5c6occc6ccc54)c3)=N2)=CCN1. The predicted molar refractivity (Wildman–Crippen MR) is 161 cm³/mol. The van der Waals surface area contributed by atoms with Gasteiger partial charge in [-0.3, -0.25) is 9.98 Å². The molecule has 2 aliphatic rings. The summed E-state index contributed by atoms with van der Waals surface area (Å²) in [4.78, 5) is 9.38. The number of benzene rings is 3. The molecule has 6 aromatic rings. The number of aromatic nitrogens is 2. The minimum Gasteiger partial charge on any atom is -0.464 e. The lowest BCUT2D eigenvalue weighted by Gasteiger charge is -2.25. The molecule has 0 aliphatic carbocycles. The minimum atomic E-state index is -0.0955. The van der Waals surface area contributed by atoms with E-state index in [2.05, 4.69) is 99.1 Å². The number of dihydropyridines is 1. The molecule has 1 atom stereocenters. The average Bonchev–Trinajstić information content (AvgIpc) is 3.64. The summed E-state index contributed by atoms with van der Waals surface area (Å²) >= 11 is 0. The van der Waals surface area contributed by atoms with E-state index in [0.717, 1.165) is 62.3 Å². The fourth-order valence-corrected chi connectivity index (χ4v) is 5.79. The second-order valence-electron chi connectivity index (χ2n) is 10.0. The number of nitrogens with one attached hydrogen (secondary N) is 2. The first kappa shape index (κ1) is 22.6. The van der Waals surface area contributed by atoms with E-state index in [1.54, 1.807) is 6.26 Å². The van der Waals surface area contributed by atoms with Crippen LogP contribution in [-0.4, -0.2) is 28.0 Å². The monoisotopic (exact) mass is 519 g/mol. The maximum atomic E-state index is 5.96. The van der Waals surface area contributed by atoms with E-state index < -0.39 is 0 Å². The molecule has 0 amide bonds. The van der Waals surface area contributed by atoms with Crippen molar-refractivity contribution in [2.75, 3.05) is 6.54 Å². The molecule has 6 nitrogen and oxygen atoms in total. The Balaban J connectivity index is 1.28. The van der Waals surface area contributed by atoms with Gasteiger partial charge in [-0.1, -0.05) is 36.4 Å². The highest BCUT2D eigenvalue weighted by Crippen LogP contribution is 2.37. The van der Waals surface area contributed by atoms with Crippen molar-refractivity contribution in [3.63, 3.8) is 0 Å². The van der Waals surface area contributed by atoms with Gasteiger partial charge in [0.1, 0.15) is 11.4 Å². The van der Waals surface area contributed by atoms with Crippen LogP contribution in [0.15, 0.2) is 137 Å². The average molecular weight is 520 g/mol. The first-order valence-electron chi connectivity index (χ1n) is 13.4. The summed E-state index contributed by atoms with van der Waals surface area (Å²) in [7, 11) is 0. The number of rotatable bonds is 4. The van der Waals surface area contributed by atoms with Crippen molar-refractivity contribution in [2.45, 2.75) is 6.04 Å². The van der Waals surface area contributed by atoms with Gasteiger partial charge in [-0.15, -0.1) is 0 Å². The molecule has 192 valence electrons. The molecular weight excluding hydrogens is 494 g/mol. The molecule has 0 spiro atoms. The van der Waals surface area contributed by atoms with Crippen LogP contribution >= 0.6 is 0 Å². The molecule has 3 aromatic heterocycles. The van der Waals surface area contributed by atoms with Crippen LogP contribution in [-0.2, 0) is 0 Å². The molecule has 0 radical (unpaired) electrons. The lowest BCUT2D eigenvalue weighted by atomic mass is 10.00. The Hall–Kier alpha value is -5.36. The van der Waals surface area contributed by atoms with Crippen LogP contribution in [0.2, 0.25) is 0 Å². The van der Waals surface area contributed by atoms with Crippen LogP contribution < -0.4 is 10.6 Å². The van der Waals surface area contributed by atoms with Crippen LogP contribution in [0.3, 0.4) is 0 Å². The third-order valence-corrected chi connectivity index (χ3v) is 7.66. The second kappa shape index (κ2) is 9.13. The number of hydrogen-bond acceptors (Lipinski definition) is 5. The maximum Gasteiger partial charge on any atom is 0.143 e. The van der Waals surface area contributed by atoms with E-state index in [1.165, 1.54) is 11.0 Å². The minimum absolute atomic E-state index is 0.0955. The molecule has 40 heavy (non-hydrogen) atoms. The van der Waals surface area contributed by atoms with Gasteiger partial charge in [0.25, 0.3) is 0 Å². The van der Waals surface area contributed by atoms with E-state index in [0.29, 0.717) is 0 Å². The van der Waals surface area contributed by atoms with Gasteiger partial charge in [-0.25, -0.2) is 0 Å². The zero-order valence-corrected chi connectivity index (χ0v) is 21.6. The van der Waals surface area contributed by atoms with Gasteiger partial charge in [-0.05, 0) is 72.5 Å². The van der Waals surface area contributed by atoms with Crippen LogP contribution in [0.4, 0.5) is 0 Å². The van der Waals surface area contributed by atoms with Crippen molar-refractivity contribution in [3.8, 4) is 5.69 Å². The fraction of sp³-hybridized carbons (Fsp3) is 0.0588. The van der Waals surface area contributed by atoms with Crippen LogP contribution in [0.1, 0.15) is 11.1 Å². The van der Waals surface area contributed by atoms with Gasteiger partial charge in [-0.2, -0.15) is 0 Å². The summed E-state index contributed by atoms with van der Waals surface area (Å²) in [5, 5.41) is 10.3. The highest BCUT2D eigenvalue weighted by Gasteiger charge is 2.22. The van der Waals surface area contributed by atoms with Crippen LogP contribution in [0.25, 0.3) is 44.2 Å². The Morgan fingerprint density at radius 1 is 0.875 bits per heavy atom. The van der Waals surface area contributed by atoms with E-state index in [1.807, 2.05) is 36.8 Å². The van der Waals surface area contributed by atoms with Gasteiger partial charge in [0.2, 0.25) is 0 Å². The zero-order valence-electron chi connectivity index (χ0n) is 21.6. The van der Waals surface area contributed by atoms with Crippen molar-refractivity contribution in [1.82, 2.24) is 20.2 Å². The number of amidine groups is 1. The molecular formula is C34H25N5O. The van der Waals surface area contributed by atoms with E-state index >= 15 is 0 Å². The highest BCUT2D eigenvalue weighted by molar-refractivity contribution is 6.19. The van der Waals surface area contributed by atoms with Gasteiger partial charge < -0.3 is 19.6 Å². The molecule has 1 unspecified atom stereocenters. The third kappa shape index (κ3) is 3.65. The van der Waals surface area contributed by atoms with Crippen molar-refractivity contribution >= 4 is 44.3 Å². The summed E-state index contributed by atoms with van der Waals surface area (Å²) in [5.74, 6) is 0.836. The van der Waals surface area contributed by atoms with E-state index in [4.69, 9.17) is 9.41 Å². The van der Waals surface area contributed by atoms with Gasteiger partial charge in [0.05, 0.1) is 28.7 Å². The van der Waals surface area contributed by atoms with E-state index in [9.17, 15) is 0 Å². The molecule has 6 heteroatoms. The van der Waals surface area contributed by atoms with Gasteiger partial charge in [0, 0.05) is 52.2 Å². The Bertz CT molecular complexity index is 2040. The molecule has 0 bridgehead atoms. The van der Waals surface area contributed by atoms with Crippen molar-refractivity contribution in [1.29, 1.82) is 0 Å². The molecule has 8 rings (SSSR count). The number of furan rings is 1. The number of para-hydroxylation sites is 1. The Labute approximate surface area is 230 Å². The lowest BCUT2D eigenvalue weighted by molar-refractivity contribution is 0.619. The number of fused-ring (bicyclic) bond motifs is 5. The first-order chi connectivity index (χ1) is 19.8. The number of pyridine rings is 1. The summed E-state index contributed by atoms with van der Waals surface area (Å²) in [5.41, 5.74) is 8.52. The number of hydrogen-bond donors (Lipinski definition) is 2. The van der Waals surface area contributed by atoms with Gasteiger partial charge in [0.15, 0.2) is 0 Å². The topological polar surface area (TPSA) is 67.4 Å². The molecule has 2 N–H and O–H groups in total. The molecule has 0 saturated heterocycles. The summed E-state index contributed by atoms with van der Waals surface area (Å²) in [6, 6.07) is 27.4. The Morgan fingerprint density at radius 3 is 2.70 bits per heavy atom. The first-order valence-corrected chi connectivity index (χ1v) is 13.4. The zero-order chi connectivity index (χ0) is 26.5. The van der Waals surface area contributed by atoms with Crippen LogP contribution in [0, 0.1) is 0 Å².